The third-order valence-electron chi connectivity index (χ3n) is 2.41. The highest BCUT2D eigenvalue weighted by Gasteiger charge is 2.15. The summed E-state index contributed by atoms with van der Waals surface area (Å²) < 4.78 is 10.6. The Morgan fingerprint density at radius 3 is 2.67 bits per heavy atom. The Labute approximate surface area is 106 Å². The van der Waals surface area contributed by atoms with Crippen LogP contribution in [0.2, 0.25) is 0 Å². The molecule has 0 amide bonds. The van der Waals surface area contributed by atoms with E-state index in [1.807, 2.05) is 6.92 Å². The van der Waals surface area contributed by atoms with E-state index in [-0.39, 0.29) is 5.69 Å². The predicted octanol–water partition coefficient (Wildman–Crippen LogP) is 2.19. The van der Waals surface area contributed by atoms with Crippen molar-refractivity contribution < 1.29 is 14.4 Å². The molecular weight excluding hydrogens is 236 g/mol. The first kappa shape index (κ1) is 14.4. The van der Waals surface area contributed by atoms with E-state index in [0.29, 0.717) is 32.1 Å². The highest BCUT2D eigenvalue weighted by Crippen LogP contribution is 2.28. The van der Waals surface area contributed by atoms with Gasteiger partial charge >= 0.3 is 0 Å². The molecule has 0 heterocycles. The summed E-state index contributed by atoms with van der Waals surface area (Å²) in [6.07, 6.45) is 0. The van der Waals surface area contributed by atoms with Crippen LogP contribution in [0.15, 0.2) is 18.2 Å². The number of anilines is 1. The summed E-state index contributed by atoms with van der Waals surface area (Å²) in [5.41, 5.74) is 1.32. The number of rotatable bonds is 8. The van der Waals surface area contributed by atoms with Crippen LogP contribution in [0.5, 0.6) is 0 Å². The van der Waals surface area contributed by atoms with Crippen molar-refractivity contribution in [3.05, 3.63) is 33.9 Å². The van der Waals surface area contributed by atoms with Gasteiger partial charge in [-0.1, -0.05) is 12.1 Å². The van der Waals surface area contributed by atoms with E-state index >= 15 is 0 Å². The molecule has 6 nitrogen and oxygen atoms in total. The van der Waals surface area contributed by atoms with Crippen LogP contribution in [-0.4, -0.2) is 31.8 Å². The van der Waals surface area contributed by atoms with Gasteiger partial charge in [-0.25, -0.2) is 0 Å². The molecule has 0 saturated heterocycles. The Morgan fingerprint density at radius 2 is 2.06 bits per heavy atom. The highest BCUT2D eigenvalue weighted by molar-refractivity contribution is 5.65. The molecular formula is C12H18N2O4. The standard InChI is InChI=1S/C12H18N2O4/c1-3-17-7-8-18-9-10-5-4-6-11(14(15)16)12(10)13-2/h4-6,13H,3,7-9H2,1-2H3. The molecule has 0 saturated carbocycles. The first-order valence-electron chi connectivity index (χ1n) is 5.80. The zero-order valence-electron chi connectivity index (χ0n) is 10.6. The van der Waals surface area contributed by atoms with Gasteiger partial charge in [-0.15, -0.1) is 0 Å². The number of nitro benzene ring substituents is 1. The monoisotopic (exact) mass is 254 g/mol. The van der Waals surface area contributed by atoms with E-state index in [1.165, 1.54) is 6.07 Å². The van der Waals surface area contributed by atoms with Crippen molar-refractivity contribution in [2.75, 3.05) is 32.2 Å². The van der Waals surface area contributed by atoms with Gasteiger partial charge < -0.3 is 14.8 Å². The molecule has 100 valence electrons. The number of hydrogen-bond donors (Lipinski definition) is 1. The van der Waals surface area contributed by atoms with Crippen LogP contribution in [0.1, 0.15) is 12.5 Å². The van der Waals surface area contributed by atoms with Crippen LogP contribution >= 0.6 is 0 Å². The Hall–Kier alpha value is -1.66. The van der Waals surface area contributed by atoms with Crippen molar-refractivity contribution in [1.29, 1.82) is 0 Å². The lowest BCUT2D eigenvalue weighted by Crippen LogP contribution is -2.06. The van der Waals surface area contributed by atoms with Gasteiger partial charge in [0.05, 0.1) is 24.7 Å². The van der Waals surface area contributed by atoms with E-state index in [2.05, 4.69) is 5.32 Å². The summed E-state index contributed by atoms with van der Waals surface area (Å²) in [7, 11) is 1.66. The average Bonchev–Trinajstić information content (AvgIpc) is 2.38. The molecule has 0 radical (unpaired) electrons. The first-order chi connectivity index (χ1) is 8.70. The lowest BCUT2D eigenvalue weighted by molar-refractivity contribution is -0.384. The van der Waals surface area contributed by atoms with Crippen LogP contribution in [0, 0.1) is 10.1 Å². The quantitative estimate of drug-likeness (QED) is 0.437. The summed E-state index contributed by atoms with van der Waals surface area (Å²) in [5, 5.41) is 13.7. The number of nitrogens with zero attached hydrogens (tertiary/aromatic N) is 1. The van der Waals surface area contributed by atoms with Crippen LogP contribution < -0.4 is 5.32 Å². The number of hydrogen-bond acceptors (Lipinski definition) is 5. The number of nitro groups is 1. The second-order valence-electron chi connectivity index (χ2n) is 3.57. The fraction of sp³-hybridized carbons (Fsp3) is 0.500. The van der Waals surface area contributed by atoms with Gasteiger partial charge in [0, 0.05) is 25.3 Å². The summed E-state index contributed by atoms with van der Waals surface area (Å²) in [4.78, 5) is 10.4. The molecule has 0 aliphatic carbocycles. The third-order valence-corrected chi connectivity index (χ3v) is 2.41. The van der Waals surface area contributed by atoms with Crippen LogP contribution in [0.25, 0.3) is 0 Å². The fourth-order valence-electron chi connectivity index (χ4n) is 1.59. The molecule has 6 heteroatoms. The molecule has 0 bridgehead atoms. The fourth-order valence-corrected chi connectivity index (χ4v) is 1.59. The first-order valence-corrected chi connectivity index (χ1v) is 5.80. The van der Waals surface area contributed by atoms with Gasteiger partial charge in [0.1, 0.15) is 5.69 Å². The van der Waals surface area contributed by atoms with E-state index in [9.17, 15) is 10.1 Å². The van der Waals surface area contributed by atoms with Crippen molar-refractivity contribution in [2.45, 2.75) is 13.5 Å². The highest BCUT2D eigenvalue weighted by atomic mass is 16.6. The van der Waals surface area contributed by atoms with Crippen LogP contribution in [-0.2, 0) is 16.1 Å². The zero-order valence-corrected chi connectivity index (χ0v) is 10.6. The van der Waals surface area contributed by atoms with Gasteiger partial charge in [-0.05, 0) is 6.92 Å². The molecule has 0 aromatic heterocycles. The summed E-state index contributed by atoms with van der Waals surface area (Å²) in [5.74, 6) is 0. The molecule has 1 rings (SSSR count). The lowest BCUT2D eigenvalue weighted by Gasteiger charge is -2.10. The van der Waals surface area contributed by atoms with Crippen molar-refractivity contribution in [1.82, 2.24) is 0 Å². The van der Waals surface area contributed by atoms with Gasteiger partial charge in [-0.2, -0.15) is 0 Å². The van der Waals surface area contributed by atoms with Crippen molar-refractivity contribution >= 4 is 11.4 Å². The van der Waals surface area contributed by atoms with Gasteiger partial charge in [0.15, 0.2) is 0 Å². The Balaban J connectivity index is 2.64. The minimum absolute atomic E-state index is 0.0587. The number of nitrogens with one attached hydrogen (secondary N) is 1. The second kappa shape index (κ2) is 7.62. The molecule has 18 heavy (non-hydrogen) atoms. The lowest BCUT2D eigenvalue weighted by atomic mass is 10.1. The van der Waals surface area contributed by atoms with Crippen molar-refractivity contribution in [3.8, 4) is 0 Å². The van der Waals surface area contributed by atoms with Crippen molar-refractivity contribution in [3.63, 3.8) is 0 Å². The summed E-state index contributed by atoms with van der Waals surface area (Å²) in [6, 6.07) is 4.93. The molecule has 1 aromatic rings. The van der Waals surface area contributed by atoms with Crippen LogP contribution in [0.3, 0.4) is 0 Å². The van der Waals surface area contributed by atoms with E-state index in [0.717, 1.165) is 5.56 Å². The maximum absolute atomic E-state index is 10.9. The second-order valence-corrected chi connectivity index (χ2v) is 3.57. The predicted molar refractivity (Wildman–Crippen MR) is 68.8 cm³/mol. The van der Waals surface area contributed by atoms with E-state index in [1.54, 1.807) is 19.2 Å². The molecule has 0 spiro atoms. The Morgan fingerprint density at radius 1 is 1.33 bits per heavy atom. The normalized spacial score (nSPS) is 10.3. The molecule has 0 fully saturated rings. The summed E-state index contributed by atoms with van der Waals surface area (Å²) in [6.45, 7) is 3.90. The molecule has 0 aliphatic rings. The van der Waals surface area contributed by atoms with Gasteiger partial charge in [-0.3, -0.25) is 10.1 Å². The van der Waals surface area contributed by atoms with Gasteiger partial charge in [0.2, 0.25) is 0 Å². The minimum Gasteiger partial charge on any atom is -0.382 e. The van der Waals surface area contributed by atoms with E-state index < -0.39 is 4.92 Å². The number of ether oxygens (including phenoxy) is 2. The van der Waals surface area contributed by atoms with Crippen LogP contribution in [0.4, 0.5) is 11.4 Å². The third kappa shape index (κ3) is 3.97. The van der Waals surface area contributed by atoms with E-state index in [4.69, 9.17) is 9.47 Å². The average molecular weight is 254 g/mol. The maximum Gasteiger partial charge on any atom is 0.292 e. The number of para-hydroxylation sites is 1. The molecule has 0 aliphatic heterocycles. The largest absolute Gasteiger partial charge is 0.382 e. The number of benzene rings is 1. The molecule has 0 atom stereocenters. The molecule has 1 aromatic carbocycles. The SMILES string of the molecule is CCOCCOCc1cccc([N+](=O)[O-])c1NC. The summed E-state index contributed by atoms with van der Waals surface area (Å²) >= 11 is 0. The zero-order chi connectivity index (χ0) is 13.4. The minimum atomic E-state index is -0.407. The maximum atomic E-state index is 10.9. The van der Waals surface area contributed by atoms with Gasteiger partial charge in [0.25, 0.3) is 5.69 Å². The topological polar surface area (TPSA) is 73.6 Å². The molecule has 0 unspecified atom stereocenters. The smallest absolute Gasteiger partial charge is 0.292 e. The molecule has 1 N–H and O–H groups in total. The Bertz CT molecular complexity index is 396. The Kier molecular flexibility index (Phi) is 6.10. The van der Waals surface area contributed by atoms with Crippen molar-refractivity contribution in [2.24, 2.45) is 0 Å².